The van der Waals surface area contributed by atoms with Crippen molar-refractivity contribution < 1.29 is 4.74 Å². The smallest absolute Gasteiger partial charge is 0.191 e. The lowest BCUT2D eigenvalue weighted by Gasteiger charge is -2.12. The van der Waals surface area contributed by atoms with Crippen molar-refractivity contribution in [2.45, 2.75) is 13.1 Å². The fourth-order valence-corrected chi connectivity index (χ4v) is 2.52. The number of aliphatic imine (C=N–C) groups is 1. The maximum atomic E-state index is 5.17. The Morgan fingerprint density at radius 3 is 2.12 bits per heavy atom. The van der Waals surface area contributed by atoms with Gasteiger partial charge in [0.05, 0.1) is 12.8 Å². The average Bonchev–Trinajstić information content (AvgIpc) is 3.24. The summed E-state index contributed by atoms with van der Waals surface area (Å²) < 4.78 is 7.01. The van der Waals surface area contributed by atoms with E-state index in [2.05, 4.69) is 45.0 Å². The molecule has 1 aromatic heterocycles. The van der Waals surface area contributed by atoms with Crippen molar-refractivity contribution in [1.82, 2.24) is 20.4 Å². The van der Waals surface area contributed by atoms with Gasteiger partial charge in [-0.3, -0.25) is 4.99 Å². The van der Waals surface area contributed by atoms with E-state index >= 15 is 0 Å². The summed E-state index contributed by atoms with van der Waals surface area (Å²) in [6.45, 7) is 1.39. The van der Waals surface area contributed by atoms with Crippen LogP contribution in [0.4, 0.5) is 0 Å². The number of aromatic nitrogens is 2. The molecule has 3 aromatic rings. The first-order chi connectivity index (χ1) is 12.8. The van der Waals surface area contributed by atoms with Gasteiger partial charge in [-0.25, -0.2) is 4.68 Å². The van der Waals surface area contributed by atoms with Crippen LogP contribution in [0.5, 0.6) is 5.75 Å². The highest BCUT2D eigenvalue weighted by Crippen LogP contribution is 2.11. The van der Waals surface area contributed by atoms with Gasteiger partial charge in [0, 0.05) is 32.5 Å². The Hall–Kier alpha value is -3.28. The molecule has 134 valence electrons. The first-order valence-electron chi connectivity index (χ1n) is 8.45. The molecule has 0 aliphatic carbocycles. The van der Waals surface area contributed by atoms with E-state index in [0.717, 1.165) is 23.0 Å². The van der Waals surface area contributed by atoms with Crippen LogP contribution < -0.4 is 15.4 Å². The number of rotatable bonds is 6. The molecule has 2 aromatic carbocycles. The third-order valence-electron chi connectivity index (χ3n) is 4.01. The van der Waals surface area contributed by atoms with E-state index in [1.165, 1.54) is 5.56 Å². The van der Waals surface area contributed by atoms with Crippen molar-refractivity contribution in [3.8, 4) is 11.4 Å². The standard InChI is InChI=1S/C20H23N5O/c1-21-20(23-15-17-6-10-19(26-2)11-7-17)22-14-16-4-8-18(9-5-16)25-13-3-12-24-25/h3-13H,14-15H2,1-2H3,(H2,21,22,23). The van der Waals surface area contributed by atoms with Gasteiger partial charge in [0.15, 0.2) is 5.96 Å². The molecule has 0 fully saturated rings. The minimum Gasteiger partial charge on any atom is -0.497 e. The molecule has 6 nitrogen and oxygen atoms in total. The maximum Gasteiger partial charge on any atom is 0.191 e. The minimum absolute atomic E-state index is 0.696. The van der Waals surface area contributed by atoms with Crippen LogP contribution in [0.25, 0.3) is 5.69 Å². The van der Waals surface area contributed by atoms with Gasteiger partial charge < -0.3 is 15.4 Å². The normalized spacial score (nSPS) is 11.2. The fraction of sp³-hybridized carbons (Fsp3) is 0.200. The number of ether oxygens (including phenoxy) is 1. The second kappa shape index (κ2) is 8.71. The van der Waals surface area contributed by atoms with Crippen molar-refractivity contribution in [2.75, 3.05) is 14.2 Å². The van der Waals surface area contributed by atoms with Crippen LogP contribution in [0.2, 0.25) is 0 Å². The van der Waals surface area contributed by atoms with Crippen molar-refractivity contribution in [3.05, 3.63) is 78.1 Å². The molecule has 0 atom stereocenters. The Labute approximate surface area is 153 Å². The van der Waals surface area contributed by atoms with E-state index < -0.39 is 0 Å². The molecule has 0 amide bonds. The Kier molecular flexibility index (Phi) is 5.88. The highest BCUT2D eigenvalue weighted by atomic mass is 16.5. The SMILES string of the molecule is CN=C(NCc1ccc(OC)cc1)NCc1ccc(-n2cccn2)cc1. The highest BCUT2D eigenvalue weighted by Gasteiger charge is 2.01. The van der Waals surface area contributed by atoms with Crippen LogP contribution in [-0.4, -0.2) is 29.9 Å². The van der Waals surface area contributed by atoms with E-state index in [0.29, 0.717) is 13.1 Å². The lowest BCUT2D eigenvalue weighted by Crippen LogP contribution is -2.36. The number of nitrogens with zero attached hydrogens (tertiary/aromatic N) is 3. The zero-order valence-corrected chi connectivity index (χ0v) is 15.0. The van der Waals surface area contributed by atoms with Gasteiger partial charge in [0.2, 0.25) is 0 Å². The molecule has 0 spiro atoms. The average molecular weight is 349 g/mol. The Morgan fingerprint density at radius 1 is 1.00 bits per heavy atom. The fourth-order valence-electron chi connectivity index (χ4n) is 2.52. The molecule has 0 unspecified atom stereocenters. The molecule has 26 heavy (non-hydrogen) atoms. The van der Waals surface area contributed by atoms with Gasteiger partial charge in [0.25, 0.3) is 0 Å². The summed E-state index contributed by atoms with van der Waals surface area (Å²) in [4.78, 5) is 4.27. The van der Waals surface area contributed by atoms with E-state index in [9.17, 15) is 0 Å². The number of methoxy groups -OCH3 is 1. The molecule has 1 heterocycles. The van der Waals surface area contributed by atoms with Gasteiger partial charge >= 0.3 is 0 Å². The summed E-state index contributed by atoms with van der Waals surface area (Å²) in [5.74, 6) is 1.62. The second-order valence-corrected chi connectivity index (χ2v) is 5.74. The number of benzene rings is 2. The van der Waals surface area contributed by atoms with Crippen LogP contribution in [0, 0.1) is 0 Å². The summed E-state index contributed by atoms with van der Waals surface area (Å²) in [6, 6.07) is 18.2. The van der Waals surface area contributed by atoms with Gasteiger partial charge in [-0.1, -0.05) is 24.3 Å². The van der Waals surface area contributed by atoms with E-state index in [1.54, 1.807) is 20.4 Å². The van der Waals surface area contributed by atoms with Gasteiger partial charge in [0.1, 0.15) is 5.75 Å². The summed E-state index contributed by atoms with van der Waals surface area (Å²) in [7, 11) is 3.44. The molecule has 0 bridgehead atoms. The monoisotopic (exact) mass is 349 g/mol. The molecular formula is C20H23N5O. The number of nitrogens with one attached hydrogen (secondary N) is 2. The molecule has 0 saturated carbocycles. The first-order valence-corrected chi connectivity index (χ1v) is 8.45. The van der Waals surface area contributed by atoms with Crippen molar-refractivity contribution >= 4 is 5.96 Å². The summed E-state index contributed by atoms with van der Waals surface area (Å²) in [5.41, 5.74) is 3.38. The zero-order valence-electron chi connectivity index (χ0n) is 15.0. The van der Waals surface area contributed by atoms with E-state index in [1.807, 2.05) is 41.2 Å². The molecule has 0 aliphatic rings. The van der Waals surface area contributed by atoms with Gasteiger partial charge in [-0.2, -0.15) is 5.10 Å². The molecule has 2 N–H and O–H groups in total. The number of hydrogen-bond donors (Lipinski definition) is 2. The van der Waals surface area contributed by atoms with Crippen molar-refractivity contribution in [3.63, 3.8) is 0 Å². The Morgan fingerprint density at radius 2 is 1.62 bits per heavy atom. The minimum atomic E-state index is 0.696. The highest BCUT2D eigenvalue weighted by molar-refractivity contribution is 5.79. The van der Waals surface area contributed by atoms with Crippen LogP contribution in [0.1, 0.15) is 11.1 Å². The quantitative estimate of drug-likeness (QED) is 0.531. The van der Waals surface area contributed by atoms with Gasteiger partial charge in [-0.05, 0) is 41.5 Å². The third-order valence-corrected chi connectivity index (χ3v) is 4.01. The Bertz CT molecular complexity index is 824. The molecular weight excluding hydrogens is 326 g/mol. The molecule has 0 radical (unpaired) electrons. The summed E-state index contributed by atoms with van der Waals surface area (Å²) in [5, 5.41) is 10.9. The first kappa shape index (κ1) is 17.5. The maximum absolute atomic E-state index is 5.17. The van der Waals surface area contributed by atoms with Crippen LogP contribution in [0.3, 0.4) is 0 Å². The van der Waals surface area contributed by atoms with Gasteiger partial charge in [-0.15, -0.1) is 0 Å². The second-order valence-electron chi connectivity index (χ2n) is 5.74. The largest absolute Gasteiger partial charge is 0.497 e. The predicted octanol–water partition coefficient (Wildman–Crippen LogP) is 2.75. The van der Waals surface area contributed by atoms with Crippen molar-refractivity contribution in [2.24, 2.45) is 4.99 Å². The molecule has 6 heteroatoms. The van der Waals surface area contributed by atoms with E-state index in [-0.39, 0.29) is 0 Å². The van der Waals surface area contributed by atoms with Crippen LogP contribution in [0.15, 0.2) is 72.0 Å². The third kappa shape index (κ3) is 4.63. The summed E-state index contributed by atoms with van der Waals surface area (Å²) in [6.07, 6.45) is 3.70. The van der Waals surface area contributed by atoms with E-state index in [4.69, 9.17) is 4.74 Å². The van der Waals surface area contributed by atoms with Crippen LogP contribution in [-0.2, 0) is 13.1 Å². The number of hydrogen-bond acceptors (Lipinski definition) is 3. The molecule has 0 saturated heterocycles. The predicted molar refractivity (Wildman–Crippen MR) is 104 cm³/mol. The Balaban J connectivity index is 1.50. The molecule has 0 aliphatic heterocycles. The lowest BCUT2D eigenvalue weighted by atomic mass is 10.2. The lowest BCUT2D eigenvalue weighted by molar-refractivity contribution is 0.414. The summed E-state index contributed by atoms with van der Waals surface area (Å²) >= 11 is 0. The zero-order chi connectivity index (χ0) is 18.2. The molecule has 3 rings (SSSR count). The van der Waals surface area contributed by atoms with Crippen molar-refractivity contribution in [1.29, 1.82) is 0 Å². The number of guanidine groups is 1. The topological polar surface area (TPSA) is 63.5 Å². The van der Waals surface area contributed by atoms with Crippen LogP contribution >= 0.6 is 0 Å².